The van der Waals surface area contributed by atoms with Crippen LogP contribution >= 0.6 is 0 Å². The summed E-state index contributed by atoms with van der Waals surface area (Å²) >= 11 is 0. The number of aromatic nitrogens is 2. The lowest BCUT2D eigenvalue weighted by Gasteiger charge is -2.34. The van der Waals surface area contributed by atoms with Gasteiger partial charge in [-0.05, 0) is 19.4 Å². The molecule has 0 radical (unpaired) electrons. The largest absolute Gasteiger partial charge is 0.350 e. The van der Waals surface area contributed by atoms with E-state index >= 15 is 0 Å². The first-order valence-corrected chi connectivity index (χ1v) is 7.76. The molecule has 2 aromatic rings. The second kappa shape index (κ2) is 5.86. The Balaban J connectivity index is 1.69. The average Bonchev–Trinajstić information content (AvgIpc) is 2.89. The van der Waals surface area contributed by atoms with Crippen molar-refractivity contribution in [2.24, 2.45) is 5.41 Å². The predicted octanol–water partition coefficient (Wildman–Crippen LogP) is 3.57. The van der Waals surface area contributed by atoms with E-state index in [0.717, 1.165) is 18.9 Å². The van der Waals surface area contributed by atoms with Crippen molar-refractivity contribution in [3.8, 4) is 11.3 Å². The highest BCUT2D eigenvalue weighted by atomic mass is 16.7. The number of imidazole rings is 1. The quantitative estimate of drug-likeness (QED) is 0.869. The van der Waals surface area contributed by atoms with Crippen molar-refractivity contribution in [1.82, 2.24) is 9.55 Å². The van der Waals surface area contributed by atoms with Gasteiger partial charge in [-0.3, -0.25) is 0 Å². The van der Waals surface area contributed by atoms with Gasteiger partial charge in [0, 0.05) is 17.2 Å². The van der Waals surface area contributed by atoms with Crippen molar-refractivity contribution in [3.05, 3.63) is 41.9 Å². The van der Waals surface area contributed by atoms with E-state index in [9.17, 15) is 0 Å². The van der Waals surface area contributed by atoms with Gasteiger partial charge in [0.05, 0.1) is 31.8 Å². The maximum absolute atomic E-state index is 5.78. The van der Waals surface area contributed by atoms with E-state index in [2.05, 4.69) is 57.1 Å². The zero-order chi connectivity index (χ0) is 15.7. The van der Waals surface area contributed by atoms with Crippen LogP contribution in [0.1, 0.15) is 25.0 Å². The maximum Gasteiger partial charge on any atom is 0.175 e. The van der Waals surface area contributed by atoms with Crippen LogP contribution in [0.5, 0.6) is 0 Å². The molecule has 0 atom stereocenters. The molecular weight excluding hydrogens is 276 g/mol. The van der Waals surface area contributed by atoms with Crippen LogP contribution < -0.4 is 0 Å². The smallest absolute Gasteiger partial charge is 0.175 e. The molecule has 1 saturated heterocycles. The summed E-state index contributed by atoms with van der Waals surface area (Å²) in [5, 5.41) is 0. The van der Waals surface area contributed by atoms with Crippen molar-refractivity contribution in [1.29, 1.82) is 0 Å². The minimum absolute atomic E-state index is 0.107. The van der Waals surface area contributed by atoms with E-state index in [4.69, 9.17) is 9.47 Å². The molecule has 1 aliphatic rings. The van der Waals surface area contributed by atoms with Crippen molar-refractivity contribution >= 4 is 0 Å². The van der Waals surface area contributed by atoms with Crippen LogP contribution in [0.25, 0.3) is 11.3 Å². The summed E-state index contributed by atoms with van der Waals surface area (Å²) in [5.74, 6) is 0. The lowest BCUT2D eigenvalue weighted by molar-refractivity contribution is -0.226. The zero-order valence-electron chi connectivity index (χ0n) is 13.8. The number of aryl methyl sites for hydroxylation is 2. The first-order valence-electron chi connectivity index (χ1n) is 7.76. The Morgan fingerprint density at radius 3 is 2.64 bits per heavy atom. The topological polar surface area (TPSA) is 36.3 Å². The first kappa shape index (κ1) is 15.3. The predicted molar refractivity (Wildman–Crippen MR) is 86.6 cm³/mol. The van der Waals surface area contributed by atoms with Crippen LogP contribution in [-0.2, 0) is 16.0 Å². The van der Waals surface area contributed by atoms with Crippen LogP contribution in [0.2, 0.25) is 0 Å². The van der Waals surface area contributed by atoms with Crippen LogP contribution in [0.4, 0.5) is 0 Å². The molecule has 2 heterocycles. The van der Waals surface area contributed by atoms with Crippen molar-refractivity contribution in [2.75, 3.05) is 13.2 Å². The van der Waals surface area contributed by atoms with E-state index < -0.39 is 0 Å². The normalized spacial score (nSPS) is 18.5. The highest BCUT2D eigenvalue weighted by Crippen LogP contribution is 2.25. The molecule has 1 aromatic heterocycles. The van der Waals surface area contributed by atoms with Gasteiger partial charge in [-0.15, -0.1) is 0 Å². The summed E-state index contributed by atoms with van der Waals surface area (Å²) in [6.45, 7) is 10.7. The second-order valence-corrected chi connectivity index (χ2v) is 6.99. The number of nitrogens with zero attached hydrogens (tertiary/aromatic N) is 2. The molecular formula is C18H24N2O2. The number of ether oxygens (including phenoxy) is 2. The van der Waals surface area contributed by atoms with E-state index in [0.29, 0.717) is 6.54 Å². The summed E-state index contributed by atoms with van der Waals surface area (Å²) in [5.41, 5.74) is 4.80. The third-order valence-corrected chi connectivity index (χ3v) is 3.97. The number of rotatable bonds is 3. The molecule has 4 heteroatoms. The minimum atomic E-state index is -0.186. The van der Waals surface area contributed by atoms with Crippen molar-refractivity contribution < 1.29 is 9.47 Å². The molecule has 118 valence electrons. The molecule has 0 saturated carbocycles. The number of benzene rings is 1. The Morgan fingerprint density at radius 2 is 1.95 bits per heavy atom. The molecule has 0 amide bonds. The van der Waals surface area contributed by atoms with E-state index in [-0.39, 0.29) is 11.7 Å². The molecule has 0 aliphatic carbocycles. The molecule has 1 aromatic carbocycles. The summed E-state index contributed by atoms with van der Waals surface area (Å²) in [6, 6.07) is 6.44. The zero-order valence-corrected chi connectivity index (χ0v) is 13.8. The maximum atomic E-state index is 5.78. The fourth-order valence-corrected chi connectivity index (χ4v) is 2.70. The Hall–Kier alpha value is -1.65. The third kappa shape index (κ3) is 3.39. The Bertz CT molecular complexity index is 651. The van der Waals surface area contributed by atoms with Crippen LogP contribution in [0.3, 0.4) is 0 Å². The monoisotopic (exact) mass is 300 g/mol. The summed E-state index contributed by atoms with van der Waals surface area (Å²) in [6.07, 6.45) is 3.72. The molecule has 0 N–H and O–H groups in total. The number of hydrogen-bond donors (Lipinski definition) is 0. The van der Waals surface area contributed by atoms with E-state index in [1.54, 1.807) is 0 Å². The summed E-state index contributed by atoms with van der Waals surface area (Å²) in [7, 11) is 0. The van der Waals surface area contributed by atoms with Crippen LogP contribution in [0, 0.1) is 19.3 Å². The average molecular weight is 300 g/mol. The molecule has 4 nitrogen and oxygen atoms in total. The third-order valence-electron chi connectivity index (χ3n) is 3.97. The molecule has 22 heavy (non-hydrogen) atoms. The molecule has 0 bridgehead atoms. The lowest BCUT2D eigenvalue weighted by atomic mass is 9.96. The molecule has 1 fully saturated rings. The molecule has 0 unspecified atom stereocenters. The SMILES string of the molecule is Cc1ccc(-c2cn(CC3OCC(C)(C)CO3)cn2)c(C)c1. The first-order chi connectivity index (χ1) is 10.4. The summed E-state index contributed by atoms with van der Waals surface area (Å²) < 4.78 is 13.6. The standard InChI is InChI=1S/C18H24N2O2/c1-13-5-6-15(14(2)7-13)16-8-20(12-19-16)9-17-21-10-18(3,4)11-22-17/h5-8,12,17H,9-11H2,1-4H3. The van der Waals surface area contributed by atoms with Crippen LogP contribution in [-0.4, -0.2) is 29.1 Å². The van der Waals surface area contributed by atoms with Gasteiger partial charge < -0.3 is 14.0 Å². The van der Waals surface area contributed by atoms with Gasteiger partial charge in [-0.25, -0.2) is 4.98 Å². The minimum Gasteiger partial charge on any atom is -0.350 e. The fraction of sp³-hybridized carbons (Fsp3) is 0.500. The van der Waals surface area contributed by atoms with E-state index in [1.807, 2.05) is 10.9 Å². The molecule has 3 rings (SSSR count). The second-order valence-electron chi connectivity index (χ2n) is 6.99. The van der Waals surface area contributed by atoms with Gasteiger partial charge in [-0.1, -0.05) is 37.6 Å². The van der Waals surface area contributed by atoms with Gasteiger partial charge in [-0.2, -0.15) is 0 Å². The molecule has 0 spiro atoms. The highest BCUT2D eigenvalue weighted by Gasteiger charge is 2.28. The highest BCUT2D eigenvalue weighted by molar-refractivity contribution is 5.63. The van der Waals surface area contributed by atoms with Gasteiger partial charge in [0.15, 0.2) is 6.29 Å². The lowest BCUT2D eigenvalue weighted by Crippen LogP contribution is -2.39. The Kier molecular flexibility index (Phi) is 4.06. The van der Waals surface area contributed by atoms with E-state index in [1.165, 1.54) is 16.7 Å². The van der Waals surface area contributed by atoms with Gasteiger partial charge in [0.1, 0.15) is 0 Å². The Morgan fingerprint density at radius 1 is 1.23 bits per heavy atom. The molecule has 1 aliphatic heterocycles. The Labute approximate surface area is 132 Å². The van der Waals surface area contributed by atoms with Gasteiger partial charge in [0.2, 0.25) is 0 Å². The summed E-state index contributed by atoms with van der Waals surface area (Å²) in [4.78, 5) is 4.52. The van der Waals surface area contributed by atoms with Crippen LogP contribution in [0.15, 0.2) is 30.7 Å². The number of hydrogen-bond acceptors (Lipinski definition) is 3. The van der Waals surface area contributed by atoms with Gasteiger partial charge >= 0.3 is 0 Å². The fourth-order valence-electron chi connectivity index (χ4n) is 2.70. The van der Waals surface area contributed by atoms with Gasteiger partial charge in [0.25, 0.3) is 0 Å². The van der Waals surface area contributed by atoms with Crippen molar-refractivity contribution in [3.63, 3.8) is 0 Å². The van der Waals surface area contributed by atoms with Crippen molar-refractivity contribution in [2.45, 2.75) is 40.5 Å².